The fraction of sp³-hybridized carbons (Fsp3) is 0.448. The Morgan fingerprint density at radius 1 is 1.14 bits per heavy atom. The van der Waals surface area contributed by atoms with Gasteiger partial charge in [0.05, 0.1) is 12.5 Å². The molecule has 0 aromatic heterocycles. The van der Waals surface area contributed by atoms with E-state index in [4.69, 9.17) is 4.74 Å². The number of piperidine rings is 1. The van der Waals surface area contributed by atoms with E-state index in [2.05, 4.69) is 11.4 Å². The smallest absolute Gasteiger partial charge is 0.410 e. The number of rotatable bonds is 5. The number of ether oxygens (including phenoxy) is 1. The molecule has 0 aliphatic carbocycles. The molecule has 8 heteroatoms. The van der Waals surface area contributed by atoms with Gasteiger partial charge in [-0.25, -0.2) is 4.79 Å². The average molecular weight is 503 g/mol. The van der Waals surface area contributed by atoms with Gasteiger partial charge in [-0.05, 0) is 68.4 Å². The molecule has 194 valence electrons. The number of carbonyl (C=O) groups is 3. The van der Waals surface area contributed by atoms with E-state index in [-0.39, 0.29) is 11.8 Å². The summed E-state index contributed by atoms with van der Waals surface area (Å²) in [6, 6.07) is 14.7. The van der Waals surface area contributed by atoms with Crippen LogP contribution in [0, 0.1) is 11.3 Å². The highest BCUT2D eigenvalue weighted by molar-refractivity contribution is 6.01. The van der Waals surface area contributed by atoms with Gasteiger partial charge in [-0.2, -0.15) is 5.26 Å². The summed E-state index contributed by atoms with van der Waals surface area (Å²) < 4.78 is 5.49. The number of fused-ring (bicyclic) bond motifs is 1. The summed E-state index contributed by atoms with van der Waals surface area (Å²) in [6.07, 6.45) is 2.47. The van der Waals surface area contributed by atoms with Crippen LogP contribution >= 0.6 is 0 Å². The van der Waals surface area contributed by atoms with Crippen molar-refractivity contribution in [1.82, 2.24) is 10.2 Å². The first kappa shape index (κ1) is 26.2. The molecule has 2 heterocycles. The molecule has 2 aliphatic rings. The van der Waals surface area contributed by atoms with Crippen LogP contribution in [-0.2, 0) is 27.2 Å². The molecule has 2 unspecified atom stereocenters. The summed E-state index contributed by atoms with van der Waals surface area (Å²) in [5, 5.41) is 12.6. The Morgan fingerprint density at radius 3 is 2.51 bits per heavy atom. The summed E-state index contributed by atoms with van der Waals surface area (Å²) in [5.74, 6) is -0.236. The van der Waals surface area contributed by atoms with Gasteiger partial charge in [-0.1, -0.05) is 36.4 Å². The minimum Gasteiger partial charge on any atom is -0.444 e. The maximum Gasteiger partial charge on any atom is 0.410 e. The molecule has 0 saturated carbocycles. The van der Waals surface area contributed by atoms with Gasteiger partial charge in [0.1, 0.15) is 17.7 Å². The predicted octanol–water partition coefficient (Wildman–Crippen LogP) is 4.21. The van der Waals surface area contributed by atoms with E-state index < -0.39 is 23.8 Å². The molecule has 1 fully saturated rings. The first-order valence-corrected chi connectivity index (χ1v) is 12.7. The number of anilines is 1. The van der Waals surface area contributed by atoms with Crippen LogP contribution in [0.25, 0.3) is 11.1 Å². The van der Waals surface area contributed by atoms with E-state index in [0.29, 0.717) is 25.8 Å². The maximum atomic E-state index is 13.1. The number of hydrogen-bond donors (Lipinski definition) is 1. The average Bonchev–Trinajstić information content (AvgIpc) is 3.15. The first-order chi connectivity index (χ1) is 17.6. The molecule has 1 saturated heterocycles. The van der Waals surface area contributed by atoms with Gasteiger partial charge in [-0.3, -0.25) is 14.5 Å². The van der Waals surface area contributed by atoms with Crippen LogP contribution in [0.15, 0.2) is 42.5 Å². The van der Waals surface area contributed by atoms with Crippen LogP contribution in [0.4, 0.5) is 10.5 Å². The lowest BCUT2D eigenvalue weighted by molar-refractivity contribution is -0.128. The van der Waals surface area contributed by atoms with Crippen molar-refractivity contribution in [2.24, 2.45) is 0 Å². The van der Waals surface area contributed by atoms with E-state index >= 15 is 0 Å². The Morgan fingerprint density at radius 2 is 1.84 bits per heavy atom. The maximum absolute atomic E-state index is 13.1. The normalized spacial score (nSPS) is 18.1. The van der Waals surface area contributed by atoms with Gasteiger partial charge in [-0.15, -0.1) is 0 Å². The molecule has 3 amide bonds. The standard InChI is InChI=1S/C29H34N4O4/c1-29(2,3)37-28(36)33-14-6-5-7-24(33)27(35)31-23(18-30)15-19-8-10-20(11-9-19)21-12-13-22-17-26(34)32(4)25(22)16-21/h8-13,16,23-24H,5-7,14-15,17H2,1-4H3,(H,31,35). The quantitative estimate of drug-likeness (QED) is 0.660. The number of amides is 3. The molecule has 1 N–H and O–H groups in total. The lowest BCUT2D eigenvalue weighted by atomic mass is 9.98. The summed E-state index contributed by atoms with van der Waals surface area (Å²) in [5.41, 5.74) is 4.25. The van der Waals surface area contributed by atoms with E-state index in [0.717, 1.165) is 40.8 Å². The number of nitrogens with one attached hydrogen (secondary N) is 1. The van der Waals surface area contributed by atoms with Crippen LogP contribution in [0.5, 0.6) is 0 Å². The molecule has 2 aliphatic heterocycles. The van der Waals surface area contributed by atoms with Gasteiger partial charge in [0.15, 0.2) is 0 Å². The number of likely N-dealkylation sites (tertiary alicyclic amines) is 1. The highest BCUT2D eigenvalue weighted by Crippen LogP contribution is 2.32. The first-order valence-electron chi connectivity index (χ1n) is 12.7. The Labute approximate surface area is 218 Å². The number of carbonyl (C=O) groups excluding carboxylic acids is 3. The van der Waals surface area contributed by atoms with Crippen molar-refractivity contribution < 1.29 is 19.1 Å². The van der Waals surface area contributed by atoms with Crippen molar-refractivity contribution in [3.8, 4) is 17.2 Å². The molecule has 4 rings (SSSR count). The van der Waals surface area contributed by atoms with Crippen molar-refractivity contribution >= 4 is 23.6 Å². The van der Waals surface area contributed by atoms with Crippen molar-refractivity contribution in [2.45, 2.75) is 70.6 Å². The Hall–Kier alpha value is -3.86. The Kier molecular flexibility index (Phi) is 7.53. The molecular formula is C29H34N4O4. The second-order valence-corrected chi connectivity index (χ2v) is 10.7. The van der Waals surface area contributed by atoms with E-state index in [1.807, 2.05) is 42.5 Å². The van der Waals surface area contributed by atoms with E-state index in [1.165, 1.54) is 4.90 Å². The van der Waals surface area contributed by atoms with Gasteiger partial charge in [0.25, 0.3) is 0 Å². The van der Waals surface area contributed by atoms with Crippen LogP contribution in [-0.4, -0.2) is 54.1 Å². The van der Waals surface area contributed by atoms with Gasteiger partial charge < -0.3 is 15.0 Å². The number of nitriles is 1. The summed E-state index contributed by atoms with van der Waals surface area (Å²) in [7, 11) is 1.79. The Balaban J connectivity index is 1.40. The Bertz CT molecular complexity index is 1230. The third kappa shape index (κ3) is 6.11. The zero-order valence-electron chi connectivity index (χ0n) is 21.9. The van der Waals surface area contributed by atoms with Crippen LogP contribution < -0.4 is 10.2 Å². The van der Waals surface area contributed by atoms with E-state index in [1.54, 1.807) is 32.7 Å². The number of nitrogens with zero attached hydrogens (tertiary/aromatic N) is 3. The zero-order chi connectivity index (χ0) is 26.7. The summed E-state index contributed by atoms with van der Waals surface area (Å²) in [6.45, 7) is 5.85. The second kappa shape index (κ2) is 10.6. The van der Waals surface area contributed by atoms with Crippen molar-refractivity contribution in [2.75, 3.05) is 18.5 Å². The molecule has 0 bridgehead atoms. The summed E-state index contributed by atoms with van der Waals surface area (Å²) >= 11 is 0. The lowest BCUT2D eigenvalue weighted by Crippen LogP contribution is -2.54. The van der Waals surface area contributed by atoms with Crippen molar-refractivity contribution in [1.29, 1.82) is 5.26 Å². The third-order valence-electron chi connectivity index (χ3n) is 6.80. The largest absolute Gasteiger partial charge is 0.444 e. The second-order valence-electron chi connectivity index (χ2n) is 10.7. The van der Waals surface area contributed by atoms with Gasteiger partial charge in [0.2, 0.25) is 11.8 Å². The van der Waals surface area contributed by atoms with Crippen molar-refractivity contribution in [3.05, 3.63) is 53.6 Å². The third-order valence-corrected chi connectivity index (χ3v) is 6.80. The molecule has 2 aromatic rings. The van der Waals surface area contributed by atoms with Gasteiger partial charge in [0, 0.05) is 25.7 Å². The highest BCUT2D eigenvalue weighted by Gasteiger charge is 2.35. The summed E-state index contributed by atoms with van der Waals surface area (Å²) in [4.78, 5) is 40.9. The molecule has 37 heavy (non-hydrogen) atoms. The monoisotopic (exact) mass is 502 g/mol. The molecule has 0 spiro atoms. The minimum atomic E-state index is -0.722. The molecule has 8 nitrogen and oxygen atoms in total. The fourth-order valence-corrected chi connectivity index (χ4v) is 4.83. The molecule has 2 atom stereocenters. The van der Waals surface area contributed by atoms with E-state index in [9.17, 15) is 19.6 Å². The molecule has 2 aromatic carbocycles. The lowest BCUT2D eigenvalue weighted by Gasteiger charge is -2.36. The SMILES string of the molecule is CN1C(=O)Cc2ccc(-c3ccc(CC(C#N)NC(=O)C4CCCCN4C(=O)OC(C)(C)C)cc3)cc21. The van der Waals surface area contributed by atoms with Crippen molar-refractivity contribution in [3.63, 3.8) is 0 Å². The molecular weight excluding hydrogens is 468 g/mol. The number of likely N-dealkylation sites (N-methyl/N-ethyl adjacent to an activating group) is 1. The van der Waals surface area contributed by atoms with Crippen LogP contribution in [0.2, 0.25) is 0 Å². The number of benzene rings is 2. The predicted molar refractivity (Wildman–Crippen MR) is 141 cm³/mol. The minimum absolute atomic E-state index is 0.0922. The highest BCUT2D eigenvalue weighted by atomic mass is 16.6. The fourth-order valence-electron chi connectivity index (χ4n) is 4.83. The van der Waals surface area contributed by atoms with Gasteiger partial charge >= 0.3 is 6.09 Å². The topological polar surface area (TPSA) is 103 Å². The van der Waals surface area contributed by atoms with Crippen LogP contribution in [0.1, 0.15) is 51.2 Å². The number of hydrogen-bond acceptors (Lipinski definition) is 5. The zero-order valence-corrected chi connectivity index (χ0v) is 21.9. The van der Waals surface area contributed by atoms with Crippen LogP contribution in [0.3, 0.4) is 0 Å². The molecule has 0 radical (unpaired) electrons.